The lowest BCUT2D eigenvalue weighted by atomic mass is 10.1. The summed E-state index contributed by atoms with van der Waals surface area (Å²) in [4.78, 5) is 26.1. The summed E-state index contributed by atoms with van der Waals surface area (Å²) in [5, 5.41) is 2.72. The number of nitrogens with zero attached hydrogens (tertiary/aromatic N) is 1. The first-order valence-corrected chi connectivity index (χ1v) is 9.50. The zero-order valence-electron chi connectivity index (χ0n) is 16.0. The number of carbonyl (C=O) groups excluding carboxylic acids is 2. The Morgan fingerprint density at radius 3 is 2.23 bits per heavy atom. The van der Waals surface area contributed by atoms with E-state index in [9.17, 15) is 9.59 Å². The highest BCUT2D eigenvalue weighted by Gasteiger charge is 2.16. The molecule has 5 nitrogen and oxygen atoms in total. The van der Waals surface area contributed by atoms with Crippen LogP contribution in [-0.4, -0.2) is 37.1 Å². The topological polar surface area (TPSA) is 58.6 Å². The van der Waals surface area contributed by atoms with Crippen molar-refractivity contribution in [2.24, 2.45) is 0 Å². The second-order valence-corrected chi connectivity index (χ2v) is 7.07. The third-order valence-corrected chi connectivity index (χ3v) is 4.37. The number of carbonyl (C=O) groups is 2. The van der Waals surface area contributed by atoms with Gasteiger partial charge < -0.3 is 15.0 Å². The summed E-state index contributed by atoms with van der Waals surface area (Å²) in [6.07, 6.45) is 7.38. The highest BCUT2D eigenvalue weighted by atomic mass is 16.5. The fourth-order valence-corrected chi connectivity index (χ4v) is 2.96. The van der Waals surface area contributed by atoms with Crippen LogP contribution in [0.25, 0.3) is 6.08 Å². The van der Waals surface area contributed by atoms with Crippen molar-refractivity contribution in [3.63, 3.8) is 0 Å². The van der Waals surface area contributed by atoms with Gasteiger partial charge in [-0.05, 0) is 57.4 Å². The summed E-state index contributed by atoms with van der Waals surface area (Å²) in [6.45, 7) is 7.51. The summed E-state index contributed by atoms with van der Waals surface area (Å²) in [5.41, 5.74) is 2.16. The predicted molar refractivity (Wildman–Crippen MR) is 105 cm³/mol. The molecule has 1 aliphatic rings. The van der Waals surface area contributed by atoms with Crippen LogP contribution in [0.5, 0.6) is 0 Å². The molecule has 5 heteroatoms. The molecular formula is C21H30N2O3. The third kappa shape index (κ3) is 6.54. The Bertz CT molecular complexity index is 615. The van der Waals surface area contributed by atoms with Gasteiger partial charge in [0, 0.05) is 30.9 Å². The largest absolute Gasteiger partial charge is 0.449 e. The molecule has 1 aliphatic heterocycles. The number of anilines is 1. The second-order valence-electron chi connectivity index (χ2n) is 7.07. The summed E-state index contributed by atoms with van der Waals surface area (Å²) in [6, 6.07) is 8.20. The lowest BCUT2D eigenvalue weighted by Gasteiger charge is -2.22. The molecule has 1 aromatic carbocycles. The molecule has 0 unspecified atom stereocenters. The normalized spacial score (nSPS) is 16.4. The van der Waals surface area contributed by atoms with Gasteiger partial charge in [0.15, 0.2) is 6.10 Å². The number of benzene rings is 1. The van der Waals surface area contributed by atoms with E-state index < -0.39 is 12.1 Å². The number of esters is 1. The standard InChI is InChI=1S/C21H30N2O3/c1-16(2)22-21(25)17(3)26-20(24)13-10-18-8-11-19(12-9-18)23-14-6-4-5-7-15-23/h8-13,16-17H,4-7,14-15H2,1-3H3,(H,22,25)/b13-10+/t17-/m0/s1. The predicted octanol–water partition coefficient (Wildman–Crippen LogP) is 3.54. The lowest BCUT2D eigenvalue weighted by molar-refractivity contribution is -0.150. The summed E-state index contributed by atoms with van der Waals surface area (Å²) >= 11 is 0. The van der Waals surface area contributed by atoms with Gasteiger partial charge in [-0.3, -0.25) is 4.79 Å². The molecule has 1 N–H and O–H groups in total. The molecule has 1 amide bonds. The van der Waals surface area contributed by atoms with E-state index in [1.807, 2.05) is 26.0 Å². The molecule has 142 valence electrons. The van der Waals surface area contributed by atoms with Crippen LogP contribution in [0.3, 0.4) is 0 Å². The first-order chi connectivity index (χ1) is 12.5. The minimum atomic E-state index is -0.806. The second kappa shape index (κ2) is 10.00. The summed E-state index contributed by atoms with van der Waals surface area (Å²) in [5.74, 6) is -0.809. The SMILES string of the molecule is CC(C)NC(=O)[C@H](C)OC(=O)/C=C/c1ccc(N2CCCCCC2)cc1. The highest BCUT2D eigenvalue weighted by molar-refractivity contribution is 5.90. The van der Waals surface area contributed by atoms with E-state index in [-0.39, 0.29) is 11.9 Å². The molecule has 1 aromatic rings. The zero-order valence-corrected chi connectivity index (χ0v) is 16.0. The molecule has 0 radical (unpaired) electrons. The minimum Gasteiger partial charge on any atom is -0.449 e. The van der Waals surface area contributed by atoms with Crippen molar-refractivity contribution in [2.75, 3.05) is 18.0 Å². The van der Waals surface area contributed by atoms with Crippen LogP contribution in [0.4, 0.5) is 5.69 Å². The van der Waals surface area contributed by atoms with Gasteiger partial charge >= 0.3 is 5.97 Å². The van der Waals surface area contributed by atoms with Crippen molar-refractivity contribution >= 4 is 23.6 Å². The van der Waals surface area contributed by atoms with Crippen LogP contribution >= 0.6 is 0 Å². The molecule has 1 heterocycles. The van der Waals surface area contributed by atoms with Crippen molar-refractivity contribution in [1.29, 1.82) is 0 Å². The van der Waals surface area contributed by atoms with E-state index in [4.69, 9.17) is 4.74 Å². The van der Waals surface area contributed by atoms with E-state index in [1.165, 1.54) is 37.4 Å². The maximum absolute atomic E-state index is 11.9. The van der Waals surface area contributed by atoms with Crippen LogP contribution in [0.2, 0.25) is 0 Å². The van der Waals surface area contributed by atoms with E-state index in [1.54, 1.807) is 13.0 Å². The van der Waals surface area contributed by atoms with Gasteiger partial charge in [-0.1, -0.05) is 25.0 Å². The maximum atomic E-state index is 11.9. The molecular weight excluding hydrogens is 328 g/mol. The molecule has 0 aromatic heterocycles. The Morgan fingerprint density at radius 1 is 1.04 bits per heavy atom. The monoisotopic (exact) mass is 358 g/mol. The Hall–Kier alpha value is -2.30. The van der Waals surface area contributed by atoms with Gasteiger partial charge in [-0.25, -0.2) is 4.79 Å². The number of hydrogen-bond donors (Lipinski definition) is 1. The lowest BCUT2D eigenvalue weighted by Crippen LogP contribution is -2.39. The Kier molecular flexibility index (Phi) is 7.70. The molecule has 0 aliphatic carbocycles. The number of rotatable bonds is 6. The van der Waals surface area contributed by atoms with Crippen LogP contribution in [0, 0.1) is 0 Å². The number of ether oxygens (including phenoxy) is 1. The quantitative estimate of drug-likeness (QED) is 0.624. The van der Waals surface area contributed by atoms with Crippen molar-refractivity contribution in [3.8, 4) is 0 Å². The third-order valence-electron chi connectivity index (χ3n) is 4.37. The molecule has 2 rings (SSSR count). The molecule has 0 spiro atoms. The summed E-state index contributed by atoms with van der Waals surface area (Å²) < 4.78 is 5.12. The molecule has 26 heavy (non-hydrogen) atoms. The van der Waals surface area contributed by atoms with Gasteiger partial charge in [-0.2, -0.15) is 0 Å². The Labute approximate surface area is 156 Å². The van der Waals surface area contributed by atoms with Gasteiger partial charge in [0.1, 0.15) is 0 Å². The Morgan fingerprint density at radius 2 is 1.65 bits per heavy atom. The van der Waals surface area contributed by atoms with Crippen LogP contribution in [0.1, 0.15) is 52.0 Å². The van der Waals surface area contributed by atoms with Crippen molar-refractivity contribution < 1.29 is 14.3 Å². The van der Waals surface area contributed by atoms with E-state index in [0.29, 0.717) is 0 Å². The van der Waals surface area contributed by atoms with Gasteiger partial charge in [0.05, 0.1) is 0 Å². The summed E-state index contributed by atoms with van der Waals surface area (Å²) in [7, 11) is 0. The fourth-order valence-electron chi connectivity index (χ4n) is 2.96. The van der Waals surface area contributed by atoms with Crippen molar-refractivity contribution in [2.45, 2.75) is 58.6 Å². The highest BCUT2D eigenvalue weighted by Crippen LogP contribution is 2.20. The van der Waals surface area contributed by atoms with Gasteiger partial charge in [0.2, 0.25) is 0 Å². The van der Waals surface area contributed by atoms with Gasteiger partial charge in [-0.15, -0.1) is 0 Å². The minimum absolute atomic E-state index is 0.0157. The molecule has 0 saturated carbocycles. The number of amides is 1. The average molecular weight is 358 g/mol. The molecule has 1 atom stereocenters. The van der Waals surface area contributed by atoms with E-state index >= 15 is 0 Å². The van der Waals surface area contributed by atoms with Gasteiger partial charge in [0.25, 0.3) is 5.91 Å². The first kappa shape index (κ1) is 20.0. The Balaban J connectivity index is 1.87. The zero-order chi connectivity index (χ0) is 18.9. The van der Waals surface area contributed by atoms with Crippen molar-refractivity contribution in [1.82, 2.24) is 5.32 Å². The van der Waals surface area contributed by atoms with Crippen molar-refractivity contribution in [3.05, 3.63) is 35.9 Å². The number of nitrogens with one attached hydrogen (secondary N) is 1. The molecule has 1 saturated heterocycles. The van der Waals surface area contributed by atoms with E-state index in [2.05, 4.69) is 22.3 Å². The number of hydrogen-bond acceptors (Lipinski definition) is 4. The fraction of sp³-hybridized carbons (Fsp3) is 0.524. The van der Waals surface area contributed by atoms with E-state index in [0.717, 1.165) is 18.7 Å². The average Bonchev–Trinajstić information content (AvgIpc) is 2.89. The van der Waals surface area contributed by atoms with Crippen LogP contribution in [0.15, 0.2) is 30.3 Å². The first-order valence-electron chi connectivity index (χ1n) is 9.50. The molecule has 0 bridgehead atoms. The smallest absolute Gasteiger partial charge is 0.331 e. The van der Waals surface area contributed by atoms with Crippen LogP contribution < -0.4 is 10.2 Å². The molecule has 1 fully saturated rings. The maximum Gasteiger partial charge on any atom is 0.331 e. The van der Waals surface area contributed by atoms with Crippen LogP contribution in [-0.2, 0) is 14.3 Å².